The summed E-state index contributed by atoms with van der Waals surface area (Å²) in [6, 6.07) is 0. The number of quaternary nitrogens is 1. The molecular weight excluding hydrogens is 369 g/mol. The number of alkyl halides is 1. The van der Waals surface area contributed by atoms with E-state index in [4.69, 9.17) is 4.84 Å². The van der Waals surface area contributed by atoms with Crippen LogP contribution in [0.25, 0.3) is 0 Å². The van der Waals surface area contributed by atoms with Crippen molar-refractivity contribution in [2.24, 2.45) is 28.7 Å². The van der Waals surface area contributed by atoms with E-state index in [0.29, 0.717) is 6.54 Å². The summed E-state index contributed by atoms with van der Waals surface area (Å²) in [5.74, 6) is 2.99. The second-order valence-electron chi connectivity index (χ2n) is 5.87. The third-order valence-electron chi connectivity index (χ3n) is 4.81. The molecule has 2 fully saturated rings. The van der Waals surface area contributed by atoms with E-state index in [1.165, 1.54) is 9.32 Å². The van der Waals surface area contributed by atoms with E-state index in [-0.39, 0.29) is 11.4 Å². The van der Waals surface area contributed by atoms with Crippen molar-refractivity contribution in [3.63, 3.8) is 0 Å². The van der Waals surface area contributed by atoms with Gasteiger partial charge in [-0.25, -0.2) is 0 Å². The Hall–Kier alpha value is -0.310. The van der Waals surface area contributed by atoms with Crippen LogP contribution >= 0.6 is 0 Å². The zero-order chi connectivity index (χ0) is 14.1. The van der Waals surface area contributed by atoms with E-state index < -0.39 is 21.5 Å². The Bertz CT molecular complexity index is 409. The van der Waals surface area contributed by atoms with Gasteiger partial charge in [-0.3, -0.25) is 0 Å². The van der Waals surface area contributed by atoms with Gasteiger partial charge in [0.2, 0.25) is 0 Å². The Labute approximate surface area is 130 Å². The van der Waals surface area contributed by atoms with Gasteiger partial charge < -0.3 is 0 Å². The number of nitrogens with one attached hydrogen (secondary N) is 1. The number of hydrogen-bond acceptors (Lipinski definition) is 3. The fourth-order valence-corrected chi connectivity index (χ4v) is 5.51. The first-order valence-corrected chi connectivity index (χ1v) is 9.69. The number of fused-ring (bicyclic) bond motifs is 5. The molecule has 5 nitrogen and oxygen atoms in total. The molecule has 0 saturated heterocycles. The Morgan fingerprint density at radius 3 is 2.55 bits per heavy atom. The van der Waals surface area contributed by atoms with Gasteiger partial charge in [0.25, 0.3) is 0 Å². The van der Waals surface area contributed by atoms with Gasteiger partial charge >= 0.3 is 130 Å². The molecule has 3 aliphatic carbocycles. The van der Waals surface area contributed by atoms with Crippen LogP contribution in [0.15, 0.2) is 17.1 Å². The first-order valence-electron chi connectivity index (χ1n) is 7.20. The van der Waals surface area contributed by atoms with Crippen LogP contribution in [0.5, 0.6) is 0 Å². The molecule has 0 aromatic rings. The molecule has 1 N–H and O–H groups in total. The average Bonchev–Trinajstić information content (AvgIpc) is 3.10. The van der Waals surface area contributed by atoms with E-state index in [2.05, 4.69) is 30.6 Å². The second-order valence-corrected chi connectivity index (χ2v) is 8.80. The van der Waals surface area contributed by atoms with Crippen LogP contribution in [0.4, 0.5) is 0 Å². The minimum atomic E-state index is -0.423. The van der Waals surface area contributed by atoms with Crippen molar-refractivity contribution in [3.8, 4) is 0 Å². The molecule has 5 atom stereocenters. The second kappa shape index (κ2) is 6.21. The number of aliphatic imine (C=N–C) groups is 1. The number of allylic oxidation sites excluding steroid dienone is 2. The minimum absolute atomic E-state index is 0.105. The summed E-state index contributed by atoms with van der Waals surface area (Å²) in [5, 5.41) is 11.8. The molecule has 0 aromatic carbocycles. The summed E-state index contributed by atoms with van der Waals surface area (Å²) in [4.78, 5) is 9.44. The van der Waals surface area contributed by atoms with Crippen molar-refractivity contribution >= 4 is 13.4 Å². The predicted molar refractivity (Wildman–Crippen MR) is 72.8 cm³/mol. The first-order chi connectivity index (χ1) is 9.69. The van der Waals surface area contributed by atoms with Crippen LogP contribution in [0, 0.1) is 28.9 Å². The number of nitrogens with zero attached hydrogens (tertiary/aromatic N) is 2. The monoisotopic (exact) mass is 391 g/mol. The molecule has 5 unspecified atom stereocenters. The Kier molecular flexibility index (Phi) is 4.54. The van der Waals surface area contributed by atoms with Crippen LogP contribution in [0.3, 0.4) is 0 Å². The molecule has 3 aliphatic rings. The molecule has 3 rings (SSSR count). The molecule has 0 radical (unpaired) electrons. The summed E-state index contributed by atoms with van der Waals surface area (Å²) in [7, 11) is 0. The quantitative estimate of drug-likeness (QED) is 0.0973. The molecule has 0 heterocycles. The molecule has 0 amide bonds. The molecule has 0 spiro atoms. The summed E-state index contributed by atoms with van der Waals surface area (Å²) in [5.41, 5.74) is 0. The summed E-state index contributed by atoms with van der Waals surface area (Å²) >= 11 is -0.423. The molecule has 0 aromatic heterocycles. The number of hydrogen-bond donors (Lipinski definition) is 1. The van der Waals surface area contributed by atoms with Crippen LogP contribution in [-0.2, 0) is 4.84 Å². The number of rotatable bonds is 7. The van der Waals surface area contributed by atoms with Gasteiger partial charge in [0.1, 0.15) is 0 Å². The molecular formula is C14H22IN3O2. The van der Waals surface area contributed by atoms with E-state index >= 15 is 0 Å². The van der Waals surface area contributed by atoms with Crippen LogP contribution < -0.4 is 26.8 Å². The predicted octanol–water partition coefficient (Wildman–Crippen LogP) is -2.77. The summed E-state index contributed by atoms with van der Waals surface area (Å²) in [6.07, 6.45) is 8.27. The zero-order valence-corrected chi connectivity index (χ0v) is 13.7. The fourth-order valence-electron chi connectivity index (χ4n) is 3.97. The van der Waals surface area contributed by atoms with Crippen molar-refractivity contribution in [3.05, 3.63) is 17.4 Å². The third-order valence-corrected chi connectivity index (χ3v) is 6.99. The Morgan fingerprint density at radius 2 is 1.95 bits per heavy atom. The van der Waals surface area contributed by atoms with Crippen LogP contribution in [-0.4, -0.2) is 33.4 Å². The zero-order valence-electron chi connectivity index (χ0n) is 11.6. The topological polar surface area (TPSA) is 52.1 Å². The normalized spacial score (nSPS) is 39.1. The molecule has 0 aliphatic heterocycles. The number of halogens is 1. The van der Waals surface area contributed by atoms with Gasteiger partial charge in [-0.15, -0.1) is 0 Å². The van der Waals surface area contributed by atoms with Gasteiger partial charge in [-0.2, -0.15) is 0 Å². The average molecular weight is 391 g/mol. The van der Waals surface area contributed by atoms with Gasteiger partial charge in [-0.05, 0) is 0 Å². The van der Waals surface area contributed by atoms with Crippen molar-refractivity contribution in [1.29, 1.82) is 0 Å². The molecule has 6 heteroatoms. The summed E-state index contributed by atoms with van der Waals surface area (Å²) < 4.78 is 2.41. The fraction of sp³-hybridized carbons (Fsp3) is 0.714. The van der Waals surface area contributed by atoms with Crippen molar-refractivity contribution in [2.45, 2.75) is 25.4 Å². The molecule has 2 bridgehead atoms. The van der Waals surface area contributed by atoms with Gasteiger partial charge in [0, 0.05) is 0 Å². The Balaban J connectivity index is 1.45. The van der Waals surface area contributed by atoms with Crippen molar-refractivity contribution < 1.29 is 34.5 Å². The van der Waals surface area contributed by atoms with Gasteiger partial charge in [0.15, 0.2) is 0 Å². The summed E-state index contributed by atoms with van der Waals surface area (Å²) in [6.45, 7) is 7.95. The van der Waals surface area contributed by atoms with E-state index in [1.54, 1.807) is 0 Å². The van der Waals surface area contributed by atoms with Crippen LogP contribution in [0.1, 0.15) is 19.3 Å². The SMILES string of the molecule is C=NCC[I-][N+](=C)[NH+]([O-])OC1CC2C3C=CC(C3)C2C1. The first kappa shape index (κ1) is 14.6. The molecule has 112 valence electrons. The maximum atomic E-state index is 12.0. The van der Waals surface area contributed by atoms with Crippen molar-refractivity contribution in [1.82, 2.24) is 0 Å². The third kappa shape index (κ3) is 2.84. The molecule has 2 saturated carbocycles. The Morgan fingerprint density at radius 1 is 1.30 bits per heavy atom. The van der Waals surface area contributed by atoms with Gasteiger partial charge in [0.05, 0.1) is 0 Å². The van der Waals surface area contributed by atoms with Gasteiger partial charge in [-0.1, -0.05) is 0 Å². The standard InChI is InChI=1S/C14H22IN3O2/c1-16-6-5-15-17(2)18(19)20-12-8-13-10-3-4-11(7-10)14(13)9-12/h3-4,10-14,18H,1-2,5-9H2. The molecule has 20 heavy (non-hydrogen) atoms. The van der Waals surface area contributed by atoms with E-state index in [9.17, 15) is 5.21 Å². The van der Waals surface area contributed by atoms with Crippen molar-refractivity contribution in [2.75, 3.05) is 11.0 Å². The van der Waals surface area contributed by atoms with E-state index in [1.807, 2.05) is 0 Å². The maximum absolute atomic E-state index is 12.0. The van der Waals surface area contributed by atoms with E-state index in [0.717, 1.165) is 40.9 Å². The van der Waals surface area contributed by atoms with Crippen LogP contribution in [0.2, 0.25) is 0 Å².